The summed E-state index contributed by atoms with van der Waals surface area (Å²) in [6, 6.07) is 9.94. The van der Waals surface area contributed by atoms with Gasteiger partial charge in [0.05, 0.1) is 11.6 Å². The van der Waals surface area contributed by atoms with E-state index in [1.807, 2.05) is 24.3 Å². The fraction of sp³-hybridized carbons (Fsp3) is 0.375. The van der Waals surface area contributed by atoms with E-state index in [1.54, 1.807) is 0 Å². The number of aromatic carboxylic acids is 1. The summed E-state index contributed by atoms with van der Waals surface area (Å²) in [6.45, 7) is 0. The van der Waals surface area contributed by atoms with Crippen LogP contribution in [0.1, 0.15) is 53.2 Å². The molecule has 1 aliphatic carbocycles. The van der Waals surface area contributed by atoms with E-state index in [-0.39, 0.29) is 5.69 Å². The Morgan fingerprint density at radius 2 is 1.91 bits per heavy atom. The second-order valence-corrected chi connectivity index (χ2v) is 6.90. The number of aromatic nitrogens is 3. The Labute approximate surface area is 137 Å². The van der Waals surface area contributed by atoms with E-state index in [2.05, 4.69) is 21.5 Å². The lowest BCUT2D eigenvalue weighted by atomic mass is 9.83. The van der Waals surface area contributed by atoms with Crippen LogP contribution in [0.4, 0.5) is 0 Å². The summed E-state index contributed by atoms with van der Waals surface area (Å²) in [4.78, 5) is 11.1. The number of nitriles is 1. The molecule has 0 bridgehead atoms. The normalized spacial score (nSPS) is 20.8. The van der Waals surface area contributed by atoms with Crippen LogP contribution in [0, 0.1) is 11.3 Å². The molecule has 1 aliphatic rings. The number of nitrogens with one attached hydrogen (secondary N) is 1. The first-order valence-corrected chi connectivity index (χ1v) is 8.36. The van der Waals surface area contributed by atoms with Gasteiger partial charge in [0.15, 0.2) is 5.03 Å². The number of benzene rings is 1. The van der Waals surface area contributed by atoms with E-state index >= 15 is 0 Å². The summed E-state index contributed by atoms with van der Waals surface area (Å²) < 4.78 is 0. The van der Waals surface area contributed by atoms with Crippen molar-refractivity contribution in [2.75, 3.05) is 0 Å². The number of carboxylic acid groups (broad SMARTS) is 1. The van der Waals surface area contributed by atoms with Crippen molar-refractivity contribution in [3.8, 4) is 6.07 Å². The van der Waals surface area contributed by atoms with E-state index in [4.69, 9.17) is 10.4 Å². The minimum absolute atomic E-state index is 0.00390. The molecule has 23 heavy (non-hydrogen) atoms. The Morgan fingerprint density at radius 1 is 1.22 bits per heavy atom. The SMILES string of the molecule is N#Cc1ccc(C2CCC(Sc3n[nH]nc3C(=O)O)CC2)cc1. The average molecular weight is 328 g/mol. The molecule has 0 amide bonds. The molecule has 0 saturated heterocycles. The highest BCUT2D eigenvalue weighted by Crippen LogP contribution is 2.39. The van der Waals surface area contributed by atoms with Gasteiger partial charge in [0, 0.05) is 5.25 Å². The van der Waals surface area contributed by atoms with Crippen molar-refractivity contribution >= 4 is 17.7 Å². The maximum atomic E-state index is 11.1. The third kappa shape index (κ3) is 3.54. The van der Waals surface area contributed by atoms with Crippen molar-refractivity contribution in [3.05, 3.63) is 41.1 Å². The molecule has 2 N–H and O–H groups in total. The highest BCUT2D eigenvalue weighted by Gasteiger charge is 2.26. The van der Waals surface area contributed by atoms with Gasteiger partial charge in [-0.25, -0.2) is 4.79 Å². The van der Waals surface area contributed by atoms with Crippen LogP contribution in [0.3, 0.4) is 0 Å². The number of carboxylic acids is 1. The van der Waals surface area contributed by atoms with Gasteiger partial charge in [0.2, 0.25) is 5.69 Å². The number of aromatic amines is 1. The molecular weight excluding hydrogens is 312 g/mol. The second-order valence-electron chi connectivity index (χ2n) is 5.61. The van der Waals surface area contributed by atoms with Crippen LogP contribution in [0.5, 0.6) is 0 Å². The summed E-state index contributed by atoms with van der Waals surface area (Å²) in [5, 5.41) is 28.8. The number of hydrogen-bond donors (Lipinski definition) is 2. The Bertz CT molecular complexity index is 727. The smallest absolute Gasteiger partial charge is 0.359 e. The zero-order valence-corrected chi connectivity index (χ0v) is 13.2. The molecule has 1 aromatic heterocycles. The fourth-order valence-electron chi connectivity index (χ4n) is 2.94. The van der Waals surface area contributed by atoms with Gasteiger partial charge in [-0.1, -0.05) is 23.9 Å². The van der Waals surface area contributed by atoms with Gasteiger partial charge in [-0.05, 0) is 49.3 Å². The molecular formula is C16H16N4O2S. The minimum Gasteiger partial charge on any atom is -0.476 e. The first-order chi connectivity index (χ1) is 11.2. The minimum atomic E-state index is -1.05. The summed E-state index contributed by atoms with van der Waals surface area (Å²) in [6.07, 6.45) is 4.15. The van der Waals surface area contributed by atoms with Crippen LogP contribution in [0.2, 0.25) is 0 Å². The Kier molecular flexibility index (Phi) is 4.63. The first kappa shape index (κ1) is 15.6. The van der Waals surface area contributed by atoms with Gasteiger partial charge in [-0.15, -0.1) is 10.2 Å². The molecule has 1 aromatic carbocycles. The monoisotopic (exact) mass is 328 g/mol. The van der Waals surface area contributed by atoms with E-state index in [9.17, 15) is 4.79 Å². The molecule has 0 spiro atoms. The lowest BCUT2D eigenvalue weighted by molar-refractivity contribution is 0.0686. The lowest BCUT2D eigenvalue weighted by Gasteiger charge is -2.28. The molecule has 118 valence electrons. The van der Waals surface area contributed by atoms with Crippen LogP contribution in [-0.4, -0.2) is 31.7 Å². The molecule has 1 heterocycles. The average Bonchev–Trinajstić information content (AvgIpc) is 3.04. The molecule has 0 radical (unpaired) electrons. The van der Waals surface area contributed by atoms with Crippen molar-refractivity contribution < 1.29 is 9.90 Å². The van der Waals surface area contributed by atoms with Gasteiger partial charge in [0.25, 0.3) is 0 Å². The van der Waals surface area contributed by atoms with Gasteiger partial charge < -0.3 is 5.11 Å². The van der Waals surface area contributed by atoms with Gasteiger partial charge in [-0.2, -0.15) is 10.5 Å². The number of carbonyl (C=O) groups is 1. The van der Waals surface area contributed by atoms with Crippen molar-refractivity contribution in [2.24, 2.45) is 0 Å². The van der Waals surface area contributed by atoms with Crippen LogP contribution in [0.15, 0.2) is 29.3 Å². The van der Waals surface area contributed by atoms with E-state index in [0.717, 1.165) is 25.7 Å². The molecule has 0 aliphatic heterocycles. The summed E-state index contributed by atoms with van der Waals surface area (Å²) >= 11 is 1.50. The number of rotatable bonds is 4. The number of nitrogens with zero attached hydrogens (tertiary/aromatic N) is 3. The Balaban J connectivity index is 1.59. The standard InChI is InChI=1S/C16H16N4O2S/c17-9-10-1-3-11(4-2-10)12-5-7-13(8-6-12)23-15-14(16(21)22)18-20-19-15/h1-4,12-13H,5-8H2,(H,21,22)(H,18,19,20). The van der Waals surface area contributed by atoms with E-state index < -0.39 is 5.97 Å². The lowest BCUT2D eigenvalue weighted by Crippen LogP contribution is -2.15. The zero-order valence-electron chi connectivity index (χ0n) is 12.4. The van der Waals surface area contributed by atoms with Crippen molar-refractivity contribution in [1.29, 1.82) is 5.26 Å². The molecule has 3 rings (SSSR count). The van der Waals surface area contributed by atoms with Crippen LogP contribution < -0.4 is 0 Å². The fourth-order valence-corrected chi connectivity index (χ4v) is 4.11. The molecule has 0 atom stereocenters. The first-order valence-electron chi connectivity index (χ1n) is 7.48. The molecule has 0 unspecified atom stereocenters. The zero-order chi connectivity index (χ0) is 16.2. The third-order valence-corrected chi connectivity index (χ3v) is 5.49. The van der Waals surface area contributed by atoms with Crippen molar-refractivity contribution in [2.45, 2.75) is 41.9 Å². The summed E-state index contributed by atoms with van der Waals surface area (Å²) in [7, 11) is 0. The van der Waals surface area contributed by atoms with Crippen LogP contribution >= 0.6 is 11.8 Å². The highest BCUT2D eigenvalue weighted by molar-refractivity contribution is 7.99. The van der Waals surface area contributed by atoms with Crippen molar-refractivity contribution in [1.82, 2.24) is 15.4 Å². The van der Waals surface area contributed by atoms with E-state index in [0.29, 0.717) is 21.8 Å². The van der Waals surface area contributed by atoms with Gasteiger partial charge in [0.1, 0.15) is 0 Å². The third-order valence-electron chi connectivity index (χ3n) is 4.18. The largest absolute Gasteiger partial charge is 0.476 e. The molecule has 2 aromatic rings. The molecule has 1 fully saturated rings. The molecule has 7 heteroatoms. The Hall–Kier alpha value is -2.33. The topological polar surface area (TPSA) is 103 Å². The predicted molar refractivity (Wildman–Crippen MR) is 85.4 cm³/mol. The molecule has 6 nitrogen and oxygen atoms in total. The highest BCUT2D eigenvalue weighted by atomic mass is 32.2. The Morgan fingerprint density at radius 3 is 2.52 bits per heavy atom. The number of thioether (sulfide) groups is 1. The van der Waals surface area contributed by atoms with Gasteiger partial charge >= 0.3 is 5.97 Å². The van der Waals surface area contributed by atoms with Crippen LogP contribution in [-0.2, 0) is 0 Å². The number of hydrogen-bond acceptors (Lipinski definition) is 5. The van der Waals surface area contributed by atoms with Gasteiger partial charge in [-0.3, -0.25) is 0 Å². The predicted octanol–water partition coefficient (Wildman–Crippen LogP) is 3.19. The summed E-state index contributed by atoms with van der Waals surface area (Å²) in [5.74, 6) is -0.539. The molecule has 1 saturated carbocycles. The van der Waals surface area contributed by atoms with Crippen LogP contribution in [0.25, 0.3) is 0 Å². The van der Waals surface area contributed by atoms with E-state index in [1.165, 1.54) is 17.3 Å². The maximum absolute atomic E-state index is 11.1. The number of H-pyrrole nitrogens is 1. The maximum Gasteiger partial charge on any atom is 0.359 e. The second kappa shape index (κ2) is 6.84. The van der Waals surface area contributed by atoms with Crippen molar-refractivity contribution in [3.63, 3.8) is 0 Å². The quantitative estimate of drug-likeness (QED) is 0.893. The summed E-state index contributed by atoms with van der Waals surface area (Å²) in [5.41, 5.74) is 1.97.